The lowest BCUT2D eigenvalue weighted by atomic mass is 10.0. The van der Waals surface area contributed by atoms with Gasteiger partial charge in [0, 0.05) is 6.42 Å². The van der Waals surface area contributed by atoms with Crippen LogP contribution in [0.4, 0.5) is 0 Å². The van der Waals surface area contributed by atoms with Gasteiger partial charge in [-0.3, -0.25) is 4.79 Å². The fourth-order valence-corrected chi connectivity index (χ4v) is 6.83. The number of hydrogen-bond acceptors (Lipinski definition) is 2. The van der Waals surface area contributed by atoms with Crippen LogP contribution in [0.25, 0.3) is 0 Å². The molecule has 0 aliphatic heterocycles. The van der Waals surface area contributed by atoms with Crippen molar-refractivity contribution >= 4 is 5.97 Å². The maximum atomic E-state index is 11.1. The molecule has 0 aromatic carbocycles. The number of hydrogen-bond donors (Lipinski definition) is 0. The van der Waals surface area contributed by atoms with Gasteiger partial charge in [0.05, 0.1) is 6.61 Å². The summed E-state index contributed by atoms with van der Waals surface area (Å²) in [6.45, 7) is 4.78. The predicted octanol–water partition coefficient (Wildman–Crippen LogP) is 15.8. The standard InChI is InChI=1S/C43H86O2/c1-3-5-6-7-8-9-10-11-12-13-14-15-16-17-18-19-20-21-22-23-24-25-26-27-28-29-30-31-32-33-34-35-36-37-38-39-40-41-42-45-43(44)4-2/h3-42H2,1-2H3. The van der Waals surface area contributed by atoms with E-state index in [9.17, 15) is 4.79 Å². The van der Waals surface area contributed by atoms with E-state index in [2.05, 4.69) is 6.92 Å². The average molecular weight is 635 g/mol. The Bertz CT molecular complexity index is 530. The lowest BCUT2D eigenvalue weighted by Gasteiger charge is -2.05. The van der Waals surface area contributed by atoms with E-state index in [4.69, 9.17) is 4.74 Å². The summed E-state index contributed by atoms with van der Waals surface area (Å²) in [5, 5.41) is 0. The van der Waals surface area contributed by atoms with Crippen molar-refractivity contribution in [3.63, 3.8) is 0 Å². The molecule has 0 fully saturated rings. The summed E-state index contributed by atoms with van der Waals surface area (Å²) in [7, 11) is 0. The zero-order chi connectivity index (χ0) is 32.6. The highest BCUT2D eigenvalue weighted by molar-refractivity contribution is 5.68. The Morgan fingerprint density at radius 3 is 0.644 bits per heavy atom. The minimum absolute atomic E-state index is 0.0588. The van der Waals surface area contributed by atoms with E-state index in [1.807, 2.05) is 6.92 Å². The van der Waals surface area contributed by atoms with Crippen molar-refractivity contribution in [3.8, 4) is 0 Å². The Balaban J connectivity index is 3.05. The summed E-state index contributed by atoms with van der Waals surface area (Å²) in [6.07, 6.45) is 55.2. The van der Waals surface area contributed by atoms with Crippen molar-refractivity contribution in [1.82, 2.24) is 0 Å². The quantitative estimate of drug-likeness (QED) is 0.0495. The second-order valence-electron chi connectivity index (χ2n) is 14.7. The molecule has 0 bridgehead atoms. The summed E-state index contributed by atoms with van der Waals surface area (Å²) in [5.41, 5.74) is 0. The molecule has 0 saturated heterocycles. The highest BCUT2D eigenvalue weighted by Crippen LogP contribution is 2.17. The molecule has 0 rings (SSSR count). The molecule has 45 heavy (non-hydrogen) atoms. The van der Waals surface area contributed by atoms with Gasteiger partial charge < -0.3 is 4.74 Å². The largest absolute Gasteiger partial charge is 0.466 e. The van der Waals surface area contributed by atoms with Crippen LogP contribution in [-0.2, 0) is 9.53 Å². The average Bonchev–Trinajstić information content (AvgIpc) is 3.05. The van der Waals surface area contributed by atoms with E-state index in [1.54, 1.807) is 0 Å². The van der Waals surface area contributed by atoms with Gasteiger partial charge in [-0.05, 0) is 6.42 Å². The van der Waals surface area contributed by atoms with Crippen LogP contribution in [0.15, 0.2) is 0 Å². The molecule has 0 aromatic rings. The van der Waals surface area contributed by atoms with Crippen LogP contribution in [-0.4, -0.2) is 12.6 Å². The molecule has 270 valence electrons. The second kappa shape index (κ2) is 41.5. The topological polar surface area (TPSA) is 26.3 Å². The van der Waals surface area contributed by atoms with E-state index in [1.165, 1.54) is 238 Å². The molecule has 0 amide bonds. The normalized spacial score (nSPS) is 11.4. The molecule has 0 heterocycles. The van der Waals surface area contributed by atoms with E-state index < -0.39 is 0 Å². The number of rotatable bonds is 40. The van der Waals surface area contributed by atoms with Crippen molar-refractivity contribution in [2.75, 3.05) is 6.61 Å². The molecule has 0 saturated carbocycles. The maximum absolute atomic E-state index is 11.1. The van der Waals surface area contributed by atoms with Crippen LogP contribution in [0.1, 0.15) is 264 Å². The lowest BCUT2D eigenvalue weighted by Crippen LogP contribution is -2.03. The summed E-state index contributed by atoms with van der Waals surface area (Å²) < 4.78 is 5.13. The van der Waals surface area contributed by atoms with E-state index in [0.29, 0.717) is 13.0 Å². The van der Waals surface area contributed by atoms with Crippen molar-refractivity contribution in [2.24, 2.45) is 0 Å². The van der Waals surface area contributed by atoms with Crippen LogP contribution < -0.4 is 0 Å². The van der Waals surface area contributed by atoms with Crippen molar-refractivity contribution in [2.45, 2.75) is 264 Å². The Hall–Kier alpha value is -0.530. The minimum Gasteiger partial charge on any atom is -0.466 e. The van der Waals surface area contributed by atoms with Gasteiger partial charge in [-0.2, -0.15) is 0 Å². The van der Waals surface area contributed by atoms with Crippen molar-refractivity contribution < 1.29 is 9.53 Å². The Labute approximate surface area is 285 Å². The fraction of sp³-hybridized carbons (Fsp3) is 0.977. The third-order valence-corrected chi connectivity index (χ3v) is 10.0. The molecular weight excluding hydrogens is 548 g/mol. The van der Waals surface area contributed by atoms with Gasteiger partial charge in [-0.1, -0.05) is 251 Å². The number of ether oxygens (including phenoxy) is 1. The smallest absolute Gasteiger partial charge is 0.305 e. The first-order chi connectivity index (χ1) is 22.3. The molecule has 0 N–H and O–H groups in total. The summed E-state index contributed by atoms with van der Waals surface area (Å²) in [5.74, 6) is -0.0588. The summed E-state index contributed by atoms with van der Waals surface area (Å²) >= 11 is 0. The van der Waals surface area contributed by atoms with Gasteiger partial charge in [0.1, 0.15) is 0 Å². The van der Waals surface area contributed by atoms with Gasteiger partial charge in [0.15, 0.2) is 0 Å². The molecule has 0 unspecified atom stereocenters. The van der Waals surface area contributed by atoms with Crippen LogP contribution in [0.2, 0.25) is 0 Å². The zero-order valence-corrected chi connectivity index (χ0v) is 31.6. The number of carbonyl (C=O) groups excluding carboxylic acids is 1. The highest BCUT2D eigenvalue weighted by Gasteiger charge is 1.99. The van der Waals surface area contributed by atoms with Crippen molar-refractivity contribution in [3.05, 3.63) is 0 Å². The molecule has 0 aliphatic rings. The third kappa shape index (κ3) is 41.4. The molecule has 0 atom stereocenters. The first-order valence-electron chi connectivity index (χ1n) is 21.5. The van der Waals surface area contributed by atoms with Gasteiger partial charge in [0.25, 0.3) is 0 Å². The molecular formula is C43H86O2. The fourth-order valence-electron chi connectivity index (χ4n) is 6.83. The Morgan fingerprint density at radius 2 is 0.467 bits per heavy atom. The van der Waals surface area contributed by atoms with Crippen molar-refractivity contribution in [1.29, 1.82) is 0 Å². The molecule has 0 radical (unpaired) electrons. The highest BCUT2D eigenvalue weighted by atomic mass is 16.5. The van der Waals surface area contributed by atoms with E-state index in [-0.39, 0.29) is 5.97 Å². The van der Waals surface area contributed by atoms with Crippen LogP contribution in [0.5, 0.6) is 0 Å². The van der Waals surface area contributed by atoms with E-state index in [0.717, 1.165) is 6.42 Å². The first-order valence-corrected chi connectivity index (χ1v) is 21.5. The Kier molecular flexibility index (Phi) is 41.0. The van der Waals surface area contributed by atoms with Gasteiger partial charge in [-0.15, -0.1) is 0 Å². The molecule has 0 aromatic heterocycles. The van der Waals surface area contributed by atoms with Crippen LogP contribution in [0.3, 0.4) is 0 Å². The van der Waals surface area contributed by atoms with Gasteiger partial charge >= 0.3 is 5.97 Å². The molecule has 0 spiro atoms. The minimum atomic E-state index is -0.0588. The number of carbonyl (C=O) groups is 1. The predicted molar refractivity (Wildman–Crippen MR) is 202 cm³/mol. The van der Waals surface area contributed by atoms with Crippen LogP contribution in [0, 0.1) is 0 Å². The molecule has 2 nitrogen and oxygen atoms in total. The third-order valence-electron chi connectivity index (χ3n) is 10.0. The second-order valence-corrected chi connectivity index (χ2v) is 14.7. The monoisotopic (exact) mass is 635 g/mol. The molecule has 0 aliphatic carbocycles. The van der Waals surface area contributed by atoms with Gasteiger partial charge in [0.2, 0.25) is 0 Å². The van der Waals surface area contributed by atoms with E-state index >= 15 is 0 Å². The zero-order valence-electron chi connectivity index (χ0n) is 31.6. The lowest BCUT2D eigenvalue weighted by molar-refractivity contribution is -0.143. The summed E-state index contributed by atoms with van der Waals surface area (Å²) in [4.78, 5) is 11.1. The number of unbranched alkanes of at least 4 members (excludes halogenated alkanes) is 37. The summed E-state index contributed by atoms with van der Waals surface area (Å²) in [6, 6.07) is 0. The molecule has 2 heteroatoms. The van der Waals surface area contributed by atoms with Crippen LogP contribution >= 0.6 is 0 Å². The number of esters is 1. The SMILES string of the molecule is CCCCCCCCCCCCCCCCCCCCCCCCCCCCCCCCCCCCCCCCOC(=O)CC. The van der Waals surface area contributed by atoms with Gasteiger partial charge in [-0.25, -0.2) is 0 Å². The first kappa shape index (κ1) is 44.5. The Morgan fingerprint density at radius 1 is 0.289 bits per heavy atom. The maximum Gasteiger partial charge on any atom is 0.305 e.